The van der Waals surface area contributed by atoms with Crippen LogP contribution in [0.1, 0.15) is 0 Å². The number of benzene rings is 8. The minimum Gasteiger partial charge on any atom is -0.456 e. The van der Waals surface area contributed by atoms with E-state index in [1.165, 1.54) is 36.9 Å². The van der Waals surface area contributed by atoms with E-state index in [1.54, 1.807) is 0 Å². The van der Waals surface area contributed by atoms with E-state index in [2.05, 4.69) is 140 Å². The summed E-state index contributed by atoms with van der Waals surface area (Å²) in [5.74, 6) is 1.82. The third-order valence-corrected chi connectivity index (χ3v) is 11.7. The molecular formula is C51H31N3OS. The van der Waals surface area contributed by atoms with Crippen molar-refractivity contribution in [1.29, 1.82) is 0 Å². The molecule has 8 aromatic carbocycles. The van der Waals surface area contributed by atoms with E-state index in [-0.39, 0.29) is 0 Å². The molecule has 4 nitrogen and oxygen atoms in total. The Kier molecular flexibility index (Phi) is 7.64. The zero-order valence-electron chi connectivity index (χ0n) is 30.1. The minimum absolute atomic E-state index is 0.593. The zero-order valence-corrected chi connectivity index (χ0v) is 30.9. The topological polar surface area (TPSA) is 51.8 Å². The van der Waals surface area contributed by atoms with E-state index in [0.717, 1.165) is 55.3 Å². The average Bonchev–Trinajstić information content (AvgIpc) is 3.85. The molecule has 0 N–H and O–H groups in total. The molecule has 11 rings (SSSR count). The molecule has 0 aliphatic carbocycles. The van der Waals surface area contributed by atoms with Gasteiger partial charge >= 0.3 is 0 Å². The highest BCUT2D eigenvalue weighted by Gasteiger charge is 2.21. The summed E-state index contributed by atoms with van der Waals surface area (Å²) in [4.78, 5) is 15.3. The van der Waals surface area contributed by atoms with Crippen LogP contribution in [0.2, 0.25) is 0 Å². The Balaban J connectivity index is 1.11. The molecule has 0 aliphatic heterocycles. The van der Waals surface area contributed by atoms with Crippen molar-refractivity contribution in [3.8, 4) is 67.5 Å². The summed E-state index contributed by atoms with van der Waals surface area (Å²) < 4.78 is 9.12. The number of thiophene rings is 1. The first-order chi connectivity index (χ1) is 27.7. The van der Waals surface area contributed by atoms with Gasteiger partial charge in [-0.3, -0.25) is 0 Å². The van der Waals surface area contributed by atoms with Crippen molar-refractivity contribution in [2.45, 2.75) is 0 Å². The summed E-state index contributed by atoms with van der Waals surface area (Å²) >= 11 is 1.84. The summed E-state index contributed by atoms with van der Waals surface area (Å²) in [6.07, 6.45) is 0. The van der Waals surface area contributed by atoms with Gasteiger partial charge in [-0.15, -0.1) is 11.3 Å². The van der Waals surface area contributed by atoms with Crippen LogP contribution < -0.4 is 0 Å². The summed E-state index contributed by atoms with van der Waals surface area (Å²) in [5.41, 5.74) is 11.4. The van der Waals surface area contributed by atoms with Gasteiger partial charge in [-0.05, 0) is 63.7 Å². The first-order valence-electron chi connectivity index (χ1n) is 18.7. The third kappa shape index (κ3) is 5.48. The van der Waals surface area contributed by atoms with Crippen molar-refractivity contribution in [1.82, 2.24) is 15.0 Å². The van der Waals surface area contributed by atoms with Crippen molar-refractivity contribution in [3.63, 3.8) is 0 Å². The van der Waals surface area contributed by atoms with Gasteiger partial charge in [0.25, 0.3) is 0 Å². The second-order valence-corrected chi connectivity index (χ2v) is 15.0. The summed E-state index contributed by atoms with van der Waals surface area (Å²) in [7, 11) is 0. The number of hydrogen-bond acceptors (Lipinski definition) is 5. The maximum Gasteiger partial charge on any atom is 0.164 e. The van der Waals surface area contributed by atoms with E-state index in [0.29, 0.717) is 17.5 Å². The first kappa shape index (κ1) is 32.2. The Labute approximate surface area is 327 Å². The molecular weight excluding hydrogens is 703 g/mol. The van der Waals surface area contributed by atoms with E-state index < -0.39 is 0 Å². The second kappa shape index (κ2) is 13.3. The molecule has 0 aliphatic rings. The van der Waals surface area contributed by atoms with Crippen LogP contribution in [-0.4, -0.2) is 15.0 Å². The lowest BCUT2D eigenvalue weighted by Gasteiger charge is -2.13. The van der Waals surface area contributed by atoms with Crippen LogP contribution in [0.25, 0.3) is 110 Å². The highest BCUT2D eigenvalue weighted by molar-refractivity contribution is 7.26. The van der Waals surface area contributed by atoms with Crippen molar-refractivity contribution < 1.29 is 4.42 Å². The largest absolute Gasteiger partial charge is 0.456 e. The van der Waals surface area contributed by atoms with Crippen molar-refractivity contribution in [2.24, 2.45) is 0 Å². The smallest absolute Gasteiger partial charge is 0.164 e. The summed E-state index contributed by atoms with van der Waals surface area (Å²) in [6, 6.07) is 65.7. The molecule has 0 amide bonds. The lowest BCUT2D eigenvalue weighted by atomic mass is 9.90. The van der Waals surface area contributed by atoms with E-state index in [4.69, 9.17) is 19.4 Å². The van der Waals surface area contributed by atoms with Crippen molar-refractivity contribution in [3.05, 3.63) is 188 Å². The van der Waals surface area contributed by atoms with Gasteiger partial charge < -0.3 is 4.42 Å². The fourth-order valence-electron chi connectivity index (χ4n) is 7.93. The molecule has 3 heterocycles. The molecule has 56 heavy (non-hydrogen) atoms. The van der Waals surface area contributed by atoms with Gasteiger partial charge in [0.2, 0.25) is 0 Å². The molecule has 0 bridgehead atoms. The Morgan fingerprint density at radius 1 is 0.339 bits per heavy atom. The molecule has 11 aromatic rings. The first-order valence-corrected chi connectivity index (χ1v) is 19.5. The molecule has 0 saturated carbocycles. The molecule has 0 fully saturated rings. The maximum absolute atomic E-state index is 6.55. The van der Waals surface area contributed by atoms with Crippen LogP contribution in [-0.2, 0) is 0 Å². The standard InChI is InChI=1S/C51H31N3OS/c1-4-13-32(14-5-1)33-23-25-36(26-24-33)50-52-49(35-17-8-3-9-18-35)53-51(54-50)40-20-12-21-43-47(40)41-31-37(27-29-42(41)55-43)38-28-30-45-48(39-19-10-11-22-44(39)56-45)46(38)34-15-6-2-7-16-34/h1-31H. The predicted octanol–water partition coefficient (Wildman–Crippen LogP) is 14.1. The number of rotatable bonds is 6. The Morgan fingerprint density at radius 3 is 1.68 bits per heavy atom. The molecule has 0 spiro atoms. The molecule has 5 heteroatoms. The summed E-state index contributed by atoms with van der Waals surface area (Å²) in [6.45, 7) is 0. The van der Waals surface area contributed by atoms with Gasteiger partial charge in [0.05, 0.1) is 0 Å². The second-order valence-electron chi connectivity index (χ2n) is 13.9. The van der Waals surface area contributed by atoms with Crippen LogP contribution in [0.3, 0.4) is 0 Å². The van der Waals surface area contributed by atoms with Crippen LogP contribution >= 0.6 is 11.3 Å². The average molecular weight is 734 g/mol. The molecule has 3 aromatic heterocycles. The lowest BCUT2D eigenvalue weighted by molar-refractivity contribution is 0.669. The van der Waals surface area contributed by atoms with E-state index >= 15 is 0 Å². The lowest BCUT2D eigenvalue weighted by Crippen LogP contribution is -2.00. The highest BCUT2D eigenvalue weighted by Crippen LogP contribution is 2.46. The third-order valence-electron chi connectivity index (χ3n) is 10.6. The quantitative estimate of drug-likeness (QED) is 0.171. The fourth-order valence-corrected chi connectivity index (χ4v) is 9.04. The molecule has 0 atom stereocenters. The predicted molar refractivity (Wildman–Crippen MR) is 233 cm³/mol. The van der Waals surface area contributed by atoms with Gasteiger partial charge in [0.1, 0.15) is 11.2 Å². The Morgan fingerprint density at radius 2 is 0.929 bits per heavy atom. The van der Waals surface area contributed by atoms with Crippen molar-refractivity contribution in [2.75, 3.05) is 0 Å². The number of hydrogen-bond donors (Lipinski definition) is 0. The van der Waals surface area contributed by atoms with E-state index in [9.17, 15) is 0 Å². The molecule has 0 radical (unpaired) electrons. The van der Waals surface area contributed by atoms with Gasteiger partial charge in [0.15, 0.2) is 17.5 Å². The van der Waals surface area contributed by atoms with Crippen LogP contribution in [0.15, 0.2) is 192 Å². The molecule has 0 unspecified atom stereocenters. The van der Waals surface area contributed by atoms with Gasteiger partial charge in [0, 0.05) is 47.6 Å². The minimum atomic E-state index is 0.593. The Bertz CT molecular complexity index is 3230. The highest BCUT2D eigenvalue weighted by atomic mass is 32.1. The van der Waals surface area contributed by atoms with Crippen LogP contribution in [0.4, 0.5) is 0 Å². The number of furan rings is 1. The van der Waals surface area contributed by atoms with Gasteiger partial charge in [-0.25, -0.2) is 15.0 Å². The van der Waals surface area contributed by atoms with Gasteiger partial charge in [-0.2, -0.15) is 0 Å². The Hall–Kier alpha value is -7.21. The fraction of sp³-hybridized carbons (Fsp3) is 0. The van der Waals surface area contributed by atoms with E-state index in [1.807, 2.05) is 59.9 Å². The summed E-state index contributed by atoms with van der Waals surface area (Å²) in [5, 5.41) is 4.55. The number of nitrogens with zero attached hydrogens (tertiary/aromatic N) is 3. The number of fused-ring (bicyclic) bond motifs is 6. The molecule has 262 valence electrons. The number of aromatic nitrogens is 3. The monoisotopic (exact) mass is 733 g/mol. The van der Waals surface area contributed by atoms with Crippen molar-refractivity contribution >= 4 is 53.4 Å². The zero-order chi connectivity index (χ0) is 37.0. The van der Waals surface area contributed by atoms with Crippen LogP contribution in [0, 0.1) is 0 Å². The maximum atomic E-state index is 6.55. The van der Waals surface area contributed by atoms with Crippen LogP contribution in [0.5, 0.6) is 0 Å². The normalized spacial score (nSPS) is 11.6. The SMILES string of the molecule is c1ccc(-c2ccc(-c3nc(-c4ccccc4)nc(-c4cccc5oc6ccc(-c7ccc8sc9ccccc9c8c7-c7ccccc7)cc6c45)n3)cc2)cc1. The van der Waals surface area contributed by atoms with Gasteiger partial charge in [-0.1, -0.05) is 158 Å². The molecule has 0 saturated heterocycles.